The second-order valence-electron chi connectivity index (χ2n) is 6.57. The molecule has 6 nitrogen and oxygen atoms in total. The highest BCUT2D eigenvalue weighted by molar-refractivity contribution is 6.21. The fraction of sp³-hybridized carbons (Fsp3) is 0.0909. The lowest BCUT2D eigenvalue weighted by Crippen LogP contribution is -2.33. The molecule has 138 valence electrons. The van der Waals surface area contributed by atoms with E-state index < -0.39 is 23.2 Å². The average molecular weight is 372 g/mol. The summed E-state index contributed by atoms with van der Waals surface area (Å²) in [5, 5.41) is 0. The zero-order chi connectivity index (χ0) is 19.8. The molecule has 2 heterocycles. The number of aryl methyl sites for hydroxylation is 1. The predicted octanol–water partition coefficient (Wildman–Crippen LogP) is 2.41. The molecule has 3 aromatic rings. The van der Waals surface area contributed by atoms with Gasteiger partial charge in [0, 0.05) is 18.8 Å². The Morgan fingerprint density at radius 1 is 0.821 bits per heavy atom. The van der Waals surface area contributed by atoms with Crippen LogP contribution >= 0.6 is 0 Å². The van der Waals surface area contributed by atoms with Crippen molar-refractivity contribution >= 4 is 17.6 Å². The lowest BCUT2D eigenvalue weighted by atomic mass is 9.99. The van der Waals surface area contributed by atoms with E-state index in [0.717, 1.165) is 4.90 Å². The van der Waals surface area contributed by atoms with Gasteiger partial charge in [-0.1, -0.05) is 42.5 Å². The van der Waals surface area contributed by atoms with Gasteiger partial charge in [0.2, 0.25) is 0 Å². The summed E-state index contributed by atoms with van der Waals surface area (Å²) < 4.78 is 1.31. The molecular formula is C22H16N2O4. The minimum Gasteiger partial charge on any atom is -0.318 e. The monoisotopic (exact) mass is 372 g/mol. The summed E-state index contributed by atoms with van der Waals surface area (Å²) in [6, 6.07) is 16.6. The van der Waals surface area contributed by atoms with Gasteiger partial charge < -0.3 is 4.57 Å². The van der Waals surface area contributed by atoms with E-state index in [-0.39, 0.29) is 12.1 Å². The van der Waals surface area contributed by atoms with Crippen molar-refractivity contribution in [2.24, 2.45) is 7.05 Å². The molecule has 0 unspecified atom stereocenters. The molecule has 4 rings (SSSR count). The molecule has 6 heteroatoms. The molecule has 2 aromatic carbocycles. The van der Waals surface area contributed by atoms with Crippen LogP contribution in [0.15, 0.2) is 71.7 Å². The number of carbonyl (C=O) groups excluding carboxylic acids is 3. The van der Waals surface area contributed by atoms with Gasteiger partial charge in [-0.15, -0.1) is 0 Å². The molecule has 0 saturated carbocycles. The van der Waals surface area contributed by atoms with E-state index in [1.54, 1.807) is 67.7 Å². The van der Waals surface area contributed by atoms with Gasteiger partial charge in [-0.25, -0.2) is 0 Å². The van der Waals surface area contributed by atoms with Gasteiger partial charge in [-0.2, -0.15) is 0 Å². The number of hydrogen-bond acceptors (Lipinski definition) is 4. The first-order chi connectivity index (χ1) is 13.5. The summed E-state index contributed by atoms with van der Waals surface area (Å²) in [5.41, 5.74) is 0.858. The summed E-state index contributed by atoms with van der Waals surface area (Å²) in [7, 11) is 1.55. The Kier molecular flexibility index (Phi) is 4.24. The molecule has 0 fully saturated rings. The van der Waals surface area contributed by atoms with E-state index in [9.17, 15) is 19.2 Å². The Morgan fingerprint density at radius 2 is 1.39 bits per heavy atom. The number of benzene rings is 2. The summed E-state index contributed by atoms with van der Waals surface area (Å²) in [4.78, 5) is 52.1. The van der Waals surface area contributed by atoms with Gasteiger partial charge in [0.05, 0.1) is 23.2 Å². The standard InChI is InChI=1S/C22H16N2O4/c1-23-12-11-15(18(22(23)28)19(25)14-7-3-2-4-8-14)13-24-20(26)16-9-5-6-10-17(16)21(24)27/h2-12H,13H2,1H3. The van der Waals surface area contributed by atoms with Crippen molar-refractivity contribution in [3.05, 3.63) is 105 Å². The highest BCUT2D eigenvalue weighted by Gasteiger charge is 2.36. The predicted molar refractivity (Wildman–Crippen MR) is 102 cm³/mol. The molecule has 1 aliphatic heterocycles. The van der Waals surface area contributed by atoms with Crippen LogP contribution in [0.3, 0.4) is 0 Å². The van der Waals surface area contributed by atoms with Gasteiger partial charge in [-0.05, 0) is 23.8 Å². The Labute approximate surface area is 160 Å². The summed E-state index contributed by atoms with van der Waals surface area (Å²) >= 11 is 0. The van der Waals surface area contributed by atoms with Crippen LogP contribution in [0.4, 0.5) is 0 Å². The second-order valence-corrected chi connectivity index (χ2v) is 6.57. The van der Waals surface area contributed by atoms with E-state index in [0.29, 0.717) is 22.3 Å². The van der Waals surface area contributed by atoms with Crippen LogP contribution in [0.1, 0.15) is 42.2 Å². The third kappa shape index (κ3) is 2.75. The number of fused-ring (bicyclic) bond motifs is 1. The Morgan fingerprint density at radius 3 is 2.00 bits per heavy atom. The van der Waals surface area contributed by atoms with E-state index >= 15 is 0 Å². The summed E-state index contributed by atoms with van der Waals surface area (Å²) in [5.74, 6) is -1.30. The maximum absolute atomic E-state index is 13.0. The zero-order valence-electron chi connectivity index (χ0n) is 15.1. The van der Waals surface area contributed by atoms with E-state index in [1.165, 1.54) is 10.8 Å². The number of ketones is 1. The topological polar surface area (TPSA) is 76.5 Å². The third-order valence-corrected chi connectivity index (χ3v) is 4.82. The smallest absolute Gasteiger partial charge is 0.261 e. The molecule has 28 heavy (non-hydrogen) atoms. The lowest BCUT2D eigenvalue weighted by molar-refractivity contribution is 0.0640. The van der Waals surface area contributed by atoms with Crippen LogP contribution < -0.4 is 5.56 Å². The largest absolute Gasteiger partial charge is 0.318 e. The van der Waals surface area contributed by atoms with Gasteiger partial charge in [0.15, 0.2) is 5.78 Å². The normalized spacial score (nSPS) is 13.0. The fourth-order valence-corrected chi connectivity index (χ4v) is 3.33. The SMILES string of the molecule is Cn1ccc(CN2C(=O)c3ccccc3C2=O)c(C(=O)c2ccccc2)c1=O. The van der Waals surface area contributed by atoms with Crippen LogP contribution in [0.5, 0.6) is 0 Å². The first-order valence-corrected chi connectivity index (χ1v) is 8.72. The molecule has 2 amide bonds. The molecule has 0 radical (unpaired) electrons. The van der Waals surface area contributed by atoms with E-state index in [1.807, 2.05) is 0 Å². The van der Waals surface area contributed by atoms with Crippen molar-refractivity contribution in [3.63, 3.8) is 0 Å². The van der Waals surface area contributed by atoms with Gasteiger partial charge in [-0.3, -0.25) is 24.1 Å². The van der Waals surface area contributed by atoms with E-state index in [2.05, 4.69) is 0 Å². The van der Waals surface area contributed by atoms with Crippen molar-refractivity contribution < 1.29 is 14.4 Å². The minimum absolute atomic E-state index is 0.0345. The Bertz CT molecular complexity index is 1140. The molecule has 0 bridgehead atoms. The van der Waals surface area contributed by atoms with Crippen LogP contribution in [0.25, 0.3) is 0 Å². The molecule has 0 spiro atoms. The summed E-state index contributed by atoms with van der Waals surface area (Å²) in [6.07, 6.45) is 1.53. The molecule has 0 saturated heterocycles. The lowest BCUT2D eigenvalue weighted by Gasteiger charge is -2.17. The second kappa shape index (κ2) is 6.74. The van der Waals surface area contributed by atoms with Crippen LogP contribution in [-0.2, 0) is 13.6 Å². The Hall–Kier alpha value is -3.80. The van der Waals surface area contributed by atoms with Crippen molar-refractivity contribution in [2.45, 2.75) is 6.54 Å². The molecule has 0 N–H and O–H groups in total. The highest BCUT2D eigenvalue weighted by atomic mass is 16.2. The highest BCUT2D eigenvalue weighted by Crippen LogP contribution is 2.25. The number of amides is 2. The number of carbonyl (C=O) groups is 3. The number of aromatic nitrogens is 1. The number of imide groups is 1. The first-order valence-electron chi connectivity index (χ1n) is 8.72. The third-order valence-electron chi connectivity index (χ3n) is 4.82. The number of rotatable bonds is 4. The van der Waals surface area contributed by atoms with Gasteiger partial charge in [0.1, 0.15) is 0 Å². The van der Waals surface area contributed by atoms with E-state index in [4.69, 9.17) is 0 Å². The molecule has 1 aliphatic rings. The van der Waals surface area contributed by atoms with Crippen LogP contribution in [0.2, 0.25) is 0 Å². The van der Waals surface area contributed by atoms with Crippen molar-refractivity contribution in [1.82, 2.24) is 9.47 Å². The fourth-order valence-electron chi connectivity index (χ4n) is 3.33. The van der Waals surface area contributed by atoms with Crippen LogP contribution in [0, 0.1) is 0 Å². The maximum Gasteiger partial charge on any atom is 0.261 e. The molecule has 0 aliphatic carbocycles. The molecule has 1 aromatic heterocycles. The number of pyridine rings is 1. The minimum atomic E-state index is -0.469. The summed E-state index contributed by atoms with van der Waals surface area (Å²) in [6.45, 7) is -0.143. The van der Waals surface area contributed by atoms with Crippen molar-refractivity contribution in [3.8, 4) is 0 Å². The number of hydrogen-bond donors (Lipinski definition) is 0. The van der Waals surface area contributed by atoms with Crippen molar-refractivity contribution in [2.75, 3.05) is 0 Å². The van der Waals surface area contributed by atoms with Crippen LogP contribution in [-0.4, -0.2) is 27.1 Å². The van der Waals surface area contributed by atoms with Gasteiger partial charge >= 0.3 is 0 Å². The quantitative estimate of drug-likeness (QED) is 0.521. The van der Waals surface area contributed by atoms with Gasteiger partial charge in [0.25, 0.3) is 17.4 Å². The first kappa shape index (κ1) is 17.6. The molecule has 0 atom stereocenters. The Balaban J connectivity index is 1.77. The van der Waals surface area contributed by atoms with Crippen molar-refractivity contribution in [1.29, 1.82) is 0 Å². The maximum atomic E-state index is 13.0. The zero-order valence-corrected chi connectivity index (χ0v) is 15.1. The average Bonchev–Trinajstić information content (AvgIpc) is 2.96. The molecular weight excluding hydrogens is 356 g/mol. The number of nitrogens with zero attached hydrogens (tertiary/aromatic N) is 2.